The predicted molar refractivity (Wildman–Crippen MR) is 140 cm³/mol. The molecule has 0 aliphatic carbocycles. The number of hydrogen-bond donors (Lipinski definition) is 1. The van der Waals surface area contributed by atoms with Gasteiger partial charge in [0.25, 0.3) is 5.56 Å². The van der Waals surface area contributed by atoms with Crippen molar-refractivity contribution in [2.75, 3.05) is 13.2 Å². The quantitative estimate of drug-likeness (QED) is 0.417. The van der Waals surface area contributed by atoms with Crippen molar-refractivity contribution in [3.8, 4) is 5.69 Å². The van der Waals surface area contributed by atoms with Crippen LogP contribution in [0.2, 0.25) is 5.02 Å². The Morgan fingerprint density at radius 3 is 2.50 bits per heavy atom. The maximum absolute atomic E-state index is 13.6. The summed E-state index contributed by atoms with van der Waals surface area (Å²) in [6.45, 7) is 1.48. The van der Waals surface area contributed by atoms with Crippen LogP contribution in [0, 0.1) is 0 Å². The molecule has 1 saturated heterocycles. The van der Waals surface area contributed by atoms with Crippen LogP contribution in [0.4, 0.5) is 0 Å². The molecule has 3 aromatic carbocycles. The molecular weight excluding hydrogens is 478 g/mol. The highest BCUT2D eigenvalue weighted by Gasteiger charge is 2.17. The van der Waals surface area contributed by atoms with E-state index in [4.69, 9.17) is 16.3 Å². The molecule has 1 aliphatic heterocycles. The Morgan fingerprint density at radius 2 is 1.75 bits per heavy atom. The molecule has 36 heavy (non-hydrogen) atoms. The number of fused-ring (bicyclic) bond motifs is 1. The second-order valence-electron chi connectivity index (χ2n) is 8.90. The van der Waals surface area contributed by atoms with Crippen molar-refractivity contribution >= 4 is 28.4 Å². The molecule has 0 bridgehead atoms. The first-order valence-corrected chi connectivity index (χ1v) is 12.3. The zero-order valence-corrected chi connectivity index (χ0v) is 20.4. The van der Waals surface area contributed by atoms with Gasteiger partial charge in [-0.1, -0.05) is 54.1 Å². The molecule has 7 nitrogen and oxygen atoms in total. The molecule has 184 valence electrons. The summed E-state index contributed by atoms with van der Waals surface area (Å²) in [6.07, 6.45) is 2.28. The van der Waals surface area contributed by atoms with Crippen LogP contribution in [-0.2, 0) is 22.5 Å². The van der Waals surface area contributed by atoms with E-state index < -0.39 is 11.2 Å². The van der Waals surface area contributed by atoms with E-state index >= 15 is 0 Å². The summed E-state index contributed by atoms with van der Waals surface area (Å²) in [5.74, 6) is -0.0942. The molecule has 8 heteroatoms. The molecule has 1 fully saturated rings. The van der Waals surface area contributed by atoms with Crippen LogP contribution in [0.25, 0.3) is 16.6 Å². The van der Waals surface area contributed by atoms with Gasteiger partial charge in [-0.05, 0) is 54.3 Å². The van der Waals surface area contributed by atoms with Crippen molar-refractivity contribution in [2.24, 2.45) is 0 Å². The zero-order chi connectivity index (χ0) is 25.1. The van der Waals surface area contributed by atoms with E-state index in [0.29, 0.717) is 28.2 Å². The number of hydrogen-bond acceptors (Lipinski definition) is 4. The summed E-state index contributed by atoms with van der Waals surface area (Å²) in [4.78, 5) is 39.3. The summed E-state index contributed by atoms with van der Waals surface area (Å²) in [6, 6.07) is 21.3. The zero-order valence-electron chi connectivity index (χ0n) is 19.7. The van der Waals surface area contributed by atoms with E-state index in [9.17, 15) is 14.4 Å². The largest absolute Gasteiger partial charge is 0.376 e. The number of halogens is 1. The van der Waals surface area contributed by atoms with Gasteiger partial charge in [-0.25, -0.2) is 9.36 Å². The standard InChI is InChI=1S/C28H26ClN3O4/c29-24-9-3-1-6-20(24)18-31-25-10-4-2-8-23(25)27(34)32(28(31)35)21-13-11-19(12-14-21)16-26(33)30-17-22-7-5-15-36-22/h1-4,6,8-14,22H,5,7,15-18H2,(H,30,33)/t22-/m0/s1. The maximum atomic E-state index is 13.6. The normalized spacial score (nSPS) is 15.3. The minimum Gasteiger partial charge on any atom is -0.376 e. The number of nitrogens with one attached hydrogen (secondary N) is 1. The van der Waals surface area contributed by atoms with E-state index in [2.05, 4.69) is 5.32 Å². The summed E-state index contributed by atoms with van der Waals surface area (Å²) in [7, 11) is 0. The number of para-hydroxylation sites is 1. The first kappa shape index (κ1) is 24.0. The van der Waals surface area contributed by atoms with Crippen molar-refractivity contribution in [3.05, 3.63) is 110 Å². The lowest BCUT2D eigenvalue weighted by atomic mass is 10.1. The number of nitrogens with zero attached hydrogens (tertiary/aromatic N) is 2. The average Bonchev–Trinajstić information content (AvgIpc) is 3.41. The summed E-state index contributed by atoms with van der Waals surface area (Å²) < 4.78 is 8.27. The summed E-state index contributed by atoms with van der Waals surface area (Å²) in [5, 5.41) is 3.89. The second kappa shape index (κ2) is 10.5. The van der Waals surface area contributed by atoms with Gasteiger partial charge in [0.05, 0.1) is 35.7 Å². The Hall–Kier alpha value is -3.68. The van der Waals surface area contributed by atoms with Crippen LogP contribution in [0.3, 0.4) is 0 Å². The molecule has 1 aliphatic rings. The highest BCUT2D eigenvalue weighted by molar-refractivity contribution is 6.31. The molecule has 0 unspecified atom stereocenters. The second-order valence-corrected chi connectivity index (χ2v) is 9.31. The number of ether oxygens (including phenoxy) is 1. The predicted octanol–water partition coefficient (Wildman–Crippen LogP) is 3.69. The summed E-state index contributed by atoms with van der Waals surface area (Å²) in [5.41, 5.74) is 1.69. The molecule has 1 aromatic heterocycles. The lowest BCUT2D eigenvalue weighted by Crippen LogP contribution is -2.39. The fourth-order valence-corrected chi connectivity index (χ4v) is 4.74. The van der Waals surface area contributed by atoms with Crippen molar-refractivity contribution in [3.63, 3.8) is 0 Å². The van der Waals surface area contributed by atoms with E-state index in [-0.39, 0.29) is 25.0 Å². The minimum atomic E-state index is -0.458. The number of aromatic nitrogens is 2. The van der Waals surface area contributed by atoms with Crippen molar-refractivity contribution in [1.29, 1.82) is 0 Å². The molecule has 2 heterocycles. The van der Waals surface area contributed by atoms with Gasteiger partial charge in [-0.15, -0.1) is 0 Å². The third-order valence-corrected chi connectivity index (χ3v) is 6.82. The molecule has 1 N–H and O–H groups in total. The monoisotopic (exact) mass is 503 g/mol. The molecule has 1 amide bonds. The Bertz CT molecular complexity index is 1520. The third-order valence-electron chi connectivity index (χ3n) is 6.45. The van der Waals surface area contributed by atoms with Crippen LogP contribution in [0.1, 0.15) is 24.0 Å². The van der Waals surface area contributed by atoms with E-state index in [1.165, 1.54) is 4.57 Å². The Kier molecular flexibility index (Phi) is 7.02. The van der Waals surface area contributed by atoms with Gasteiger partial charge in [0.2, 0.25) is 5.91 Å². The van der Waals surface area contributed by atoms with E-state index in [0.717, 1.165) is 30.6 Å². The maximum Gasteiger partial charge on any atom is 0.336 e. The van der Waals surface area contributed by atoms with Crippen LogP contribution in [-0.4, -0.2) is 34.3 Å². The van der Waals surface area contributed by atoms with Gasteiger partial charge < -0.3 is 10.1 Å². The number of amides is 1. The van der Waals surface area contributed by atoms with Crippen LogP contribution in [0.15, 0.2) is 82.4 Å². The smallest absolute Gasteiger partial charge is 0.336 e. The number of carbonyl (C=O) groups excluding carboxylic acids is 1. The van der Waals surface area contributed by atoms with Crippen molar-refractivity contribution in [1.82, 2.24) is 14.5 Å². The van der Waals surface area contributed by atoms with Crippen LogP contribution < -0.4 is 16.6 Å². The SMILES string of the molecule is O=C(Cc1ccc(-n2c(=O)c3ccccc3n(Cc3ccccc3Cl)c2=O)cc1)NC[C@@H]1CCCO1. The van der Waals surface area contributed by atoms with Gasteiger partial charge >= 0.3 is 5.69 Å². The van der Waals surface area contributed by atoms with Crippen molar-refractivity contribution in [2.45, 2.75) is 31.9 Å². The summed E-state index contributed by atoms with van der Waals surface area (Å²) >= 11 is 6.36. The number of benzene rings is 3. The van der Waals surface area contributed by atoms with Gasteiger partial charge in [-0.2, -0.15) is 0 Å². The third kappa shape index (κ3) is 4.98. The molecule has 5 rings (SSSR count). The molecule has 0 radical (unpaired) electrons. The minimum absolute atomic E-state index is 0.0871. The highest BCUT2D eigenvalue weighted by atomic mass is 35.5. The fraction of sp³-hybridized carbons (Fsp3) is 0.250. The van der Waals surface area contributed by atoms with Crippen LogP contribution >= 0.6 is 11.6 Å². The molecular formula is C28H26ClN3O4. The topological polar surface area (TPSA) is 82.3 Å². The Labute approximate surface area is 212 Å². The van der Waals surface area contributed by atoms with Crippen LogP contribution in [0.5, 0.6) is 0 Å². The van der Waals surface area contributed by atoms with Gasteiger partial charge in [0.15, 0.2) is 0 Å². The highest BCUT2D eigenvalue weighted by Crippen LogP contribution is 2.18. The fourth-order valence-electron chi connectivity index (χ4n) is 4.54. The van der Waals surface area contributed by atoms with Gasteiger partial charge in [0.1, 0.15) is 0 Å². The van der Waals surface area contributed by atoms with Crippen molar-refractivity contribution < 1.29 is 9.53 Å². The Balaban J connectivity index is 1.45. The molecule has 4 aromatic rings. The molecule has 0 saturated carbocycles. The molecule has 1 atom stereocenters. The number of rotatable bonds is 7. The lowest BCUT2D eigenvalue weighted by Gasteiger charge is -2.15. The Morgan fingerprint density at radius 1 is 1.00 bits per heavy atom. The number of carbonyl (C=O) groups is 1. The van der Waals surface area contributed by atoms with E-state index in [1.807, 2.05) is 18.2 Å². The first-order chi connectivity index (χ1) is 17.5. The molecule has 0 spiro atoms. The average molecular weight is 504 g/mol. The lowest BCUT2D eigenvalue weighted by molar-refractivity contribution is -0.120. The van der Waals surface area contributed by atoms with Gasteiger partial charge in [0, 0.05) is 18.2 Å². The van der Waals surface area contributed by atoms with Gasteiger partial charge in [-0.3, -0.25) is 14.2 Å². The first-order valence-electron chi connectivity index (χ1n) is 12.0. The van der Waals surface area contributed by atoms with E-state index in [1.54, 1.807) is 59.2 Å².